The van der Waals surface area contributed by atoms with Crippen LogP contribution in [0, 0.1) is 12.3 Å². The average Bonchev–Trinajstić information content (AvgIpc) is 2.68. The van der Waals surface area contributed by atoms with Gasteiger partial charge in [0.25, 0.3) is 0 Å². The number of hydrogen-bond acceptors (Lipinski definition) is 4. The van der Waals surface area contributed by atoms with Gasteiger partial charge in [-0.1, -0.05) is 42.3 Å². The van der Waals surface area contributed by atoms with E-state index >= 15 is 0 Å². The SMILES string of the molecule is C#CC(O)(c1ccc(CO)cc1)c1ccc(N2CCOCC2)cc1. The number of ether oxygens (including phenoxy) is 1. The summed E-state index contributed by atoms with van der Waals surface area (Å²) in [5.74, 6) is 2.51. The molecule has 2 aromatic rings. The minimum Gasteiger partial charge on any atom is -0.392 e. The maximum absolute atomic E-state index is 11.0. The number of hydrogen-bond donors (Lipinski definition) is 2. The van der Waals surface area contributed by atoms with Gasteiger partial charge < -0.3 is 19.8 Å². The number of aliphatic hydroxyl groups excluding tert-OH is 1. The molecular formula is C20H21NO3. The maximum Gasteiger partial charge on any atom is 0.176 e. The first-order valence-electron chi connectivity index (χ1n) is 8.01. The van der Waals surface area contributed by atoms with Gasteiger partial charge in [-0.05, 0) is 17.7 Å². The van der Waals surface area contributed by atoms with Crippen LogP contribution < -0.4 is 4.90 Å². The van der Waals surface area contributed by atoms with Crippen LogP contribution in [0.3, 0.4) is 0 Å². The molecule has 0 amide bonds. The highest BCUT2D eigenvalue weighted by Gasteiger charge is 2.29. The quantitative estimate of drug-likeness (QED) is 0.844. The minimum absolute atomic E-state index is 0.0387. The third kappa shape index (κ3) is 3.15. The molecule has 1 fully saturated rings. The van der Waals surface area contributed by atoms with Crippen molar-refractivity contribution in [1.82, 2.24) is 0 Å². The molecule has 4 nitrogen and oxygen atoms in total. The Hall–Kier alpha value is -2.32. The lowest BCUT2D eigenvalue weighted by Crippen LogP contribution is -2.36. The lowest BCUT2D eigenvalue weighted by molar-refractivity contribution is 0.122. The molecule has 0 spiro atoms. The minimum atomic E-state index is -1.49. The van der Waals surface area contributed by atoms with Crippen LogP contribution in [0.2, 0.25) is 0 Å². The summed E-state index contributed by atoms with van der Waals surface area (Å²) in [5, 5.41) is 20.1. The number of rotatable bonds is 4. The van der Waals surface area contributed by atoms with E-state index in [1.165, 1.54) is 0 Å². The standard InChI is InChI=1S/C20H21NO3/c1-2-20(23,17-5-3-16(15-22)4-6-17)18-7-9-19(10-8-18)21-11-13-24-14-12-21/h1,3-10,22-23H,11-15H2. The van der Waals surface area contributed by atoms with E-state index in [4.69, 9.17) is 16.3 Å². The number of nitrogens with zero attached hydrogens (tertiary/aromatic N) is 1. The van der Waals surface area contributed by atoms with E-state index in [1.54, 1.807) is 24.3 Å². The molecule has 4 heteroatoms. The smallest absolute Gasteiger partial charge is 0.176 e. The molecule has 0 bridgehead atoms. The van der Waals surface area contributed by atoms with E-state index in [9.17, 15) is 5.11 Å². The van der Waals surface area contributed by atoms with Crippen molar-refractivity contribution in [2.75, 3.05) is 31.2 Å². The van der Waals surface area contributed by atoms with Gasteiger partial charge >= 0.3 is 0 Å². The molecule has 0 saturated carbocycles. The Labute approximate surface area is 142 Å². The molecule has 2 aromatic carbocycles. The number of terminal acetylenes is 1. The van der Waals surface area contributed by atoms with Crippen molar-refractivity contribution < 1.29 is 14.9 Å². The molecule has 3 rings (SSSR count). The van der Waals surface area contributed by atoms with Crippen LogP contribution in [0.5, 0.6) is 0 Å². The second kappa shape index (κ2) is 7.06. The van der Waals surface area contributed by atoms with Crippen LogP contribution in [0.25, 0.3) is 0 Å². The highest BCUT2D eigenvalue weighted by atomic mass is 16.5. The summed E-state index contributed by atoms with van der Waals surface area (Å²) in [6.07, 6.45) is 5.65. The van der Waals surface area contributed by atoms with E-state index < -0.39 is 5.60 Å². The largest absolute Gasteiger partial charge is 0.392 e. The lowest BCUT2D eigenvalue weighted by Gasteiger charge is -2.30. The van der Waals surface area contributed by atoms with E-state index in [0.29, 0.717) is 11.1 Å². The summed E-state index contributed by atoms with van der Waals surface area (Å²) in [6, 6.07) is 14.7. The molecule has 0 radical (unpaired) electrons. The van der Waals surface area contributed by atoms with E-state index in [-0.39, 0.29) is 6.61 Å². The molecule has 1 unspecified atom stereocenters. The number of anilines is 1. The average molecular weight is 323 g/mol. The van der Waals surface area contributed by atoms with Crippen LogP contribution in [-0.2, 0) is 16.9 Å². The Morgan fingerprint density at radius 2 is 1.54 bits per heavy atom. The Bertz CT molecular complexity index is 712. The Morgan fingerprint density at radius 1 is 1.00 bits per heavy atom. The zero-order chi connectivity index (χ0) is 17.0. The van der Waals surface area contributed by atoms with Gasteiger partial charge in [0.05, 0.1) is 19.8 Å². The van der Waals surface area contributed by atoms with Crippen LogP contribution in [0.1, 0.15) is 16.7 Å². The van der Waals surface area contributed by atoms with Gasteiger partial charge in [0.15, 0.2) is 5.60 Å². The summed E-state index contributed by atoms with van der Waals surface area (Å²) in [7, 11) is 0. The van der Waals surface area contributed by atoms with E-state index in [2.05, 4.69) is 10.8 Å². The molecule has 124 valence electrons. The van der Waals surface area contributed by atoms with Crippen molar-refractivity contribution in [3.8, 4) is 12.3 Å². The van der Waals surface area contributed by atoms with Gasteiger partial charge in [-0.3, -0.25) is 0 Å². The molecule has 24 heavy (non-hydrogen) atoms. The topological polar surface area (TPSA) is 52.9 Å². The molecule has 1 saturated heterocycles. The van der Waals surface area contributed by atoms with Crippen molar-refractivity contribution in [3.05, 3.63) is 65.2 Å². The molecule has 2 N–H and O–H groups in total. The fourth-order valence-corrected chi connectivity index (χ4v) is 2.92. The molecular weight excluding hydrogens is 302 g/mol. The van der Waals surface area contributed by atoms with Crippen molar-refractivity contribution in [2.45, 2.75) is 12.2 Å². The normalized spacial score (nSPS) is 17.1. The second-order valence-electron chi connectivity index (χ2n) is 5.86. The third-order valence-electron chi connectivity index (χ3n) is 4.42. The number of morpholine rings is 1. The Kier molecular flexibility index (Phi) is 4.86. The monoisotopic (exact) mass is 323 g/mol. The van der Waals surface area contributed by atoms with E-state index in [1.807, 2.05) is 24.3 Å². The van der Waals surface area contributed by atoms with Crippen molar-refractivity contribution in [3.63, 3.8) is 0 Å². The zero-order valence-electron chi connectivity index (χ0n) is 13.5. The van der Waals surface area contributed by atoms with Gasteiger partial charge in [0.1, 0.15) is 0 Å². The summed E-state index contributed by atoms with van der Waals surface area (Å²) < 4.78 is 5.37. The second-order valence-corrected chi connectivity index (χ2v) is 5.86. The van der Waals surface area contributed by atoms with E-state index in [0.717, 1.165) is 37.6 Å². The number of aliphatic hydroxyl groups is 2. The fourth-order valence-electron chi connectivity index (χ4n) is 2.92. The van der Waals surface area contributed by atoms with Crippen LogP contribution in [-0.4, -0.2) is 36.5 Å². The van der Waals surface area contributed by atoms with Gasteiger partial charge in [-0.15, -0.1) is 6.42 Å². The molecule has 0 aliphatic carbocycles. The van der Waals surface area contributed by atoms with Crippen molar-refractivity contribution in [1.29, 1.82) is 0 Å². The van der Waals surface area contributed by atoms with Gasteiger partial charge in [0.2, 0.25) is 0 Å². The van der Waals surface area contributed by atoms with Crippen LogP contribution in [0.4, 0.5) is 5.69 Å². The fraction of sp³-hybridized carbons (Fsp3) is 0.300. The molecule has 1 heterocycles. The first-order chi connectivity index (χ1) is 11.7. The van der Waals surface area contributed by atoms with Gasteiger partial charge in [-0.2, -0.15) is 0 Å². The maximum atomic E-state index is 11.0. The number of benzene rings is 2. The molecule has 1 aliphatic heterocycles. The summed E-state index contributed by atoms with van der Waals surface area (Å²) >= 11 is 0. The Balaban J connectivity index is 1.88. The first kappa shape index (κ1) is 16.5. The summed E-state index contributed by atoms with van der Waals surface area (Å²) in [6.45, 7) is 3.15. The molecule has 1 aliphatic rings. The van der Waals surface area contributed by atoms with Gasteiger partial charge in [0, 0.05) is 29.9 Å². The predicted octanol–water partition coefficient (Wildman–Crippen LogP) is 1.88. The molecule has 0 aromatic heterocycles. The van der Waals surface area contributed by atoms with Crippen molar-refractivity contribution in [2.24, 2.45) is 0 Å². The highest BCUT2D eigenvalue weighted by molar-refractivity contribution is 5.52. The predicted molar refractivity (Wildman–Crippen MR) is 93.7 cm³/mol. The highest BCUT2D eigenvalue weighted by Crippen LogP contribution is 2.30. The van der Waals surface area contributed by atoms with Crippen LogP contribution >= 0.6 is 0 Å². The zero-order valence-corrected chi connectivity index (χ0v) is 13.5. The van der Waals surface area contributed by atoms with Crippen molar-refractivity contribution >= 4 is 5.69 Å². The lowest BCUT2D eigenvalue weighted by atomic mass is 9.86. The summed E-state index contributed by atoms with van der Waals surface area (Å²) in [5.41, 5.74) is 1.65. The third-order valence-corrected chi connectivity index (χ3v) is 4.42. The van der Waals surface area contributed by atoms with Gasteiger partial charge in [-0.25, -0.2) is 0 Å². The first-order valence-corrected chi connectivity index (χ1v) is 8.01. The molecule has 1 atom stereocenters. The Morgan fingerprint density at radius 3 is 2.04 bits per heavy atom. The summed E-state index contributed by atoms with van der Waals surface area (Å²) in [4.78, 5) is 2.25. The van der Waals surface area contributed by atoms with Crippen LogP contribution in [0.15, 0.2) is 48.5 Å².